The standard InChI is InChI=1S/C26H28FN/c1-6-21-22(19(5)23-14-11-17(3)15-25(21)23)9-8-10-26(28-7-2)24-16-20(27)13-12-18(24)4/h2,11-16,19H,6,8-10H2,1,3-5H3/b28-26-. The van der Waals surface area contributed by atoms with Crippen LogP contribution < -0.4 is 0 Å². The summed E-state index contributed by atoms with van der Waals surface area (Å²) in [6.07, 6.45) is 9.20. The van der Waals surface area contributed by atoms with E-state index in [4.69, 9.17) is 6.42 Å². The highest BCUT2D eigenvalue weighted by Crippen LogP contribution is 2.45. The normalized spacial score (nSPS) is 16.3. The highest BCUT2D eigenvalue weighted by molar-refractivity contribution is 6.02. The molecule has 0 amide bonds. The molecule has 0 fully saturated rings. The molecule has 2 aromatic rings. The summed E-state index contributed by atoms with van der Waals surface area (Å²) in [6.45, 7) is 8.66. The lowest BCUT2D eigenvalue weighted by Crippen LogP contribution is -2.05. The Balaban J connectivity index is 1.79. The van der Waals surface area contributed by atoms with E-state index in [1.54, 1.807) is 12.1 Å². The van der Waals surface area contributed by atoms with Crippen molar-refractivity contribution in [3.05, 3.63) is 75.6 Å². The fourth-order valence-corrected chi connectivity index (χ4v) is 4.40. The van der Waals surface area contributed by atoms with Crippen LogP contribution in [0.3, 0.4) is 0 Å². The first kappa shape index (κ1) is 20.1. The van der Waals surface area contributed by atoms with Crippen LogP contribution in [0.15, 0.2) is 47.0 Å². The minimum Gasteiger partial charge on any atom is -0.207 e. The lowest BCUT2D eigenvalue weighted by molar-refractivity contribution is 0.627. The lowest BCUT2D eigenvalue weighted by atomic mass is 9.92. The van der Waals surface area contributed by atoms with Gasteiger partial charge in [0.25, 0.3) is 0 Å². The van der Waals surface area contributed by atoms with Crippen molar-refractivity contribution < 1.29 is 4.39 Å². The maximum atomic E-state index is 13.7. The molecule has 0 saturated carbocycles. The highest BCUT2D eigenvalue weighted by atomic mass is 19.1. The van der Waals surface area contributed by atoms with E-state index in [2.05, 4.69) is 50.0 Å². The van der Waals surface area contributed by atoms with Gasteiger partial charge >= 0.3 is 0 Å². The summed E-state index contributed by atoms with van der Waals surface area (Å²) < 4.78 is 13.7. The number of halogens is 1. The summed E-state index contributed by atoms with van der Waals surface area (Å²) in [4.78, 5) is 4.23. The number of terminal acetylenes is 1. The predicted octanol–water partition coefficient (Wildman–Crippen LogP) is 6.97. The van der Waals surface area contributed by atoms with Crippen molar-refractivity contribution in [2.75, 3.05) is 0 Å². The van der Waals surface area contributed by atoms with Gasteiger partial charge in [-0.2, -0.15) is 0 Å². The zero-order chi connectivity index (χ0) is 20.3. The molecule has 1 aliphatic rings. The van der Waals surface area contributed by atoms with Gasteiger partial charge in [0.1, 0.15) is 5.82 Å². The van der Waals surface area contributed by atoms with Crippen molar-refractivity contribution in [3.8, 4) is 12.5 Å². The number of allylic oxidation sites excluding steroid dienone is 2. The Labute approximate surface area is 168 Å². The second-order valence-electron chi connectivity index (χ2n) is 7.67. The van der Waals surface area contributed by atoms with Gasteiger partial charge < -0.3 is 0 Å². The smallest absolute Gasteiger partial charge is 0.123 e. The van der Waals surface area contributed by atoms with Crippen LogP contribution in [0.4, 0.5) is 4.39 Å². The molecule has 0 spiro atoms. The van der Waals surface area contributed by atoms with Crippen LogP contribution in [0, 0.1) is 32.1 Å². The molecule has 0 heterocycles. The van der Waals surface area contributed by atoms with Crippen molar-refractivity contribution in [2.45, 2.75) is 59.3 Å². The highest BCUT2D eigenvalue weighted by Gasteiger charge is 2.26. The van der Waals surface area contributed by atoms with Gasteiger partial charge in [-0.1, -0.05) is 55.7 Å². The number of hydrogen-bond donors (Lipinski definition) is 0. The molecule has 1 unspecified atom stereocenters. The Kier molecular flexibility index (Phi) is 6.15. The van der Waals surface area contributed by atoms with E-state index in [0.717, 1.165) is 42.5 Å². The van der Waals surface area contributed by atoms with Crippen molar-refractivity contribution in [3.63, 3.8) is 0 Å². The van der Waals surface area contributed by atoms with Gasteiger partial charge in [0.05, 0.1) is 5.71 Å². The molecule has 0 saturated heterocycles. The van der Waals surface area contributed by atoms with Crippen LogP contribution >= 0.6 is 0 Å². The number of fused-ring (bicyclic) bond motifs is 1. The maximum absolute atomic E-state index is 13.7. The number of nitrogens with zero attached hydrogens (tertiary/aromatic N) is 1. The Hall–Kier alpha value is -2.66. The predicted molar refractivity (Wildman–Crippen MR) is 117 cm³/mol. The third kappa shape index (κ3) is 3.94. The SMILES string of the molecule is C#C/N=C(/CCCC1=C(CC)c2cc(C)ccc2C1C)c1cc(F)ccc1C. The Morgan fingerprint density at radius 1 is 1.18 bits per heavy atom. The molecule has 1 aliphatic carbocycles. The van der Waals surface area contributed by atoms with Crippen LogP contribution in [0.2, 0.25) is 0 Å². The zero-order valence-corrected chi connectivity index (χ0v) is 17.3. The van der Waals surface area contributed by atoms with Gasteiger partial charge in [0, 0.05) is 17.5 Å². The molecule has 0 aromatic heterocycles. The lowest BCUT2D eigenvalue weighted by Gasteiger charge is -2.13. The number of aliphatic imine (C=N–C) groups is 1. The summed E-state index contributed by atoms with van der Waals surface area (Å²) in [7, 11) is 0. The molecule has 1 atom stereocenters. The van der Waals surface area contributed by atoms with Crippen molar-refractivity contribution >= 4 is 11.3 Å². The van der Waals surface area contributed by atoms with Crippen LogP contribution in [-0.4, -0.2) is 5.71 Å². The molecule has 0 radical (unpaired) electrons. The van der Waals surface area contributed by atoms with Crippen LogP contribution in [0.1, 0.15) is 73.3 Å². The third-order valence-corrected chi connectivity index (χ3v) is 5.83. The molecule has 2 aromatic carbocycles. The number of aryl methyl sites for hydroxylation is 2. The van der Waals surface area contributed by atoms with E-state index in [-0.39, 0.29) is 5.82 Å². The average Bonchev–Trinajstić information content (AvgIpc) is 2.93. The van der Waals surface area contributed by atoms with Gasteiger partial charge in [0.15, 0.2) is 0 Å². The van der Waals surface area contributed by atoms with Gasteiger partial charge in [-0.3, -0.25) is 0 Å². The van der Waals surface area contributed by atoms with E-state index in [1.807, 2.05) is 6.92 Å². The summed E-state index contributed by atoms with van der Waals surface area (Å²) >= 11 is 0. The van der Waals surface area contributed by atoms with Crippen LogP contribution in [0.5, 0.6) is 0 Å². The average molecular weight is 374 g/mol. The second-order valence-corrected chi connectivity index (χ2v) is 7.67. The third-order valence-electron chi connectivity index (χ3n) is 5.83. The fraction of sp³-hybridized carbons (Fsp3) is 0.346. The second kappa shape index (κ2) is 8.57. The van der Waals surface area contributed by atoms with Gasteiger partial charge in [-0.15, -0.1) is 0 Å². The van der Waals surface area contributed by atoms with E-state index < -0.39 is 0 Å². The minimum atomic E-state index is -0.253. The van der Waals surface area contributed by atoms with Crippen LogP contribution in [-0.2, 0) is 0 Å². The molecular weight excluding hydrogens is 345 g/mol. The van der Waals surface area contributed by atoms with E-state index in [0.29, 0.717) is 5.92 Å². The monoisotopic (exact) mass is 373 g/mol. The molecule has 144 valence electrons. The van der Waals surface area contributed by atoms with E-state index in [1.165, 1.54) is 33.9 Å². The topological polar surface area (TPSA) is 12.4 Å². The number of hydrogen-bond acceptors (Lipinski definition) is 1. The van der Waals surface area contributed by atoms with Crippen LogP contribution in [0.25, 0.3) is 5.57 Å². The molecule has 1 nitrogen and oxygen atoms in total. The summed E-state index contributed by atoms with van der Waals surface area (Å²) in [5.41, 5.74) is 9.81. The summed E-state index contributed by atoms with van der Waals surface area (Å²) in [6, 6.07) is 14.0. The number of benzene rings is 2. The first-order valence-electron chi connectivity index (χ1n) is 10.1. The quantitative estimate of drug-likeness (QED) is 0.383. The molecule has 0 bridgehead atoms. The Morgan fingerprint density at radius 3 is 2.68 bits per heavy atom. The Bertz CT molecular complexity index is 988. The Morgan fingerprint density at radius 2 is 1.96 bits per heavy atom. The van der Waals surface area contributed by atoms with E-state index in [9.17, 15) is 4.39 Å². The summed E-state index contributed by atoms with van der Waals surface area (Å²) in [5.74, 6) is 0.200. The first-order valence-corrected chi connectivity index (χ1v) is 10.1. The molecule has 28 heavy (non-hydrogen) atoms. The first-order chi connectivity index (χ1) is 13.5. The van der Waals surface area contributed by atoms with Gasteiger partial charge in [-0.25, -0.2) is 9.38 Å². The molecular formula is C26H28FN. The molecule has 0 aliphatic heterocycles. The maximum Gasteiger partial charge on any atom is 0.123 e. The van der Waals surface area contributed by atoms with Crippen molar-refractivity contribution in [1.29, 1.82) is 0 Å². The molecule has 2 heteroatoms. The number of rotatable bonds is 6. The van der Waals surface area contributed by atoms with Gasteiger partial charge in [0.2, 0.25) is 0 Å². The zero-order valence-electron chi connectivity index (χ0n) is 17.3. The minimum absolute atomic E-state index is 0.253. The van der Waals surface area contributed by atoms with E-state index >= 15 is 0 Å². The molecule has 3 rings (SSSR count). The largest absolute Gasteiger partial charge is 0.207 e. The van der Waals surface area contributed by atoms with Crippen molar-refractivity contribution in [2.24, 2.45) is 4.99 Å². The van der Waals surface area contributed by atoms with Crippen molar-refractivity contribution in [1.82, 2.24) is 0 Å². The summed E-state index contributed by atoms with van der Waals surface area (Å²) in [5, 5.41) is 0. The fourth-order valence-electron chi connectivity index (χ4n) is 4.40. The van der Waals surface area contributed by atoms with Gasteiger partial charge in [-0.05, 0) is 73.9 Å². The molecule has 0 N–H and O–H groups in total.